The van der Waals surface area contributed by atoms with Gasteiger partial charge in [0.1, 0.15) is 0 Å². The van der Waals surface area contributed by atoms with E-state index in [-0.39, 0.29) is 24.0 Å². The molecular weight excluding hydrogens is 507 g/mol. The number of rotatable bonds is 9. The quantitative estimate of drug-likeness (QED) is 0.290. The van der Waals surface area contributed by atoms with Crippen molar-refractivity contribution in [3.63, 3.8) is 0 Å². The monoisotopic (exact) mass is 542 g/mol. The molecule has 6 nitrogen and oxygen atoms in total. The number of hydrogen-bond donors (Lipinski definition) is 2. The van der Waals surface area contributed by atoms with E-state index in [1.165, 1.54) is 15.4 Å². The van der Waals surface area contributed by atoms with Crippen LogP contribution in [0.4, 0.5) is 0 Å². The zero-order valence-electron chi connectivity index (χ0n) is 18.1. The van der Waals surface area contributed by atoms with Gasteiger partial charge in [-0.3, -0.25) is 14.8 Å². The van der Waals surface area contributed by atoms with Gasteiger partial charge in [0.25, 0.3) is 0 Å². The minimum absolute atomic E-state index is 0. The highest BCUT2D eigenvalue weighted by Gasteiger charge is 2.16. The smallest absolute Gasteiger partial charge is 0.191 e. The van der Waals surface area contributed by atoms with E-state index in [0.717, 1.165) is 71.3 Å². The van der Waals surface area contributed by atoms with Crippen molar-refractivity contribution in [2.45, 2.75) is 26.8 Å². The van der Waals surface area contributed by atoms with E-state index in [1.54, 1.807) is 11.3 Å². The van der Waals surface area contributed by atoms with Gasteiger partial charge in [0.15, 0.2) is 5.96 Å². The number of thiazole rings is 1. The predicted molar refractivity (Wildman–Crippen MR) is 138 cm³/mol. The summed E-state index contributed by atoms with van der Waals surface area (Å²) in [6.45, 7) is 13.3. The summed E-state index contributed by atoms with van der Waals surface area (Å²) in [7, 11) is 0. The van der Waals surface area contributed by atoms with Crippen molar-refractivity contribution >= 4 is 41.3 Å². The summed E-state index contributed by atoms with van der Waals surface area (Å²) in [4.78, 5) is 15.5. The molecule has 30 heavy (non-hydrogen) atoms. The Labute approximate surface area is 202 Å². The number of guanidine groups is 1. The number of aliphatic imine (C=N–C) groups is 1. The maximum absolute atomic E-state index is 4.75. The molecule has 0 aliphatic carbocycles. The molecule has 2 heterocycles. The zero-order chi connectivity index (χ0) is 20.3. The second kappa shape index (κ2) is 14.0. The largest absolute Gasteiger partial charge is 0.357 e. The molecular formula is C22H35IN6S. The summed E-state index contributed by atoms with van der Waals surface area (Å²) in [5.41, 5.74) is 1.40. The van der Waals surface area contributed by atoms with Crippen molar-refractivity contribution in [2.75, 3.05) is 52.4 Å². The van der Waals surface area contributed by atoms with E-state index >= 15 is 0 Å². The first-order valence-corrected chi connectivity index (χ1v) is 11.5. The molecule has 0 bridgehead atoms. The molecule has 8 heteroatoms. The van der Waals surface area contributed by atoms with Gasteiger partial charge in [0, 0.05) is 69.9 Å². The molecule has 3 rings (SSSR count). The van der Waals surface area contributed by atoms with Crippen LogP contribution in [0.2, 0.25) is 0 Å². The molecule has 1 aliphatic rings. The standard InChI is InChI=1S/C22H34N6S.HI/c1-3-23-22(24-10-9-21-26-17-19(2)29-21)25-11-12-27-13-15-28(16-14-27)18-20-7-5-4-6-8-20;/h4-8,17H,3,9-16,18H2,1-2H3,(H2,23,24,25);1H. The Hall–Kier alpha value is -1.23. The number of aryl methyl sites for hydroxylation is 1. The highest BCUT2D eigenvalue weighted by atomic mass is 127. The van der Waals surface area contributed by atoms with Crippen LogP contribution in [0, 0.1) is 6.92 Å². The lowest BCUT2D eigenvalue weighted by atomic mass is 10.2. The lowest BCUT2D eigenvalue weighted by Crippen LogP contribution is -2.46. The van der Waals surface area contributed by atoms with Crippen LogP contribution < -0.4 is 10.6 Å². The van der Waals surface area contributed by atoms with Crippen molar-refractivity contribution in [1.82, 2.24) is 25.4 Å². The lowest BCUT2D eigenvalue weighted by molar-refractivity contribution is 0.130. The first kappa shape index (κ1) is 25.0. The number of nitrogens with zero attached hydrogens (tertiary/aromatic N) is 4. The Morgan fingerprint density at radius 2 is 1.83 bits per heavy atom. The first-order valence-electron chi connectivity index (χ1n) is 10.6. The second-order valence-corrected chi connectivity index (χ2v) is 8.72. The third-order valence-corrected chi connectivity index (χ3v) is 6.02. The minimum atomic E-state index is 0. The minimum Gasteiger partial charge on any atom is -0.357 e. The Balaban J connectivity index is 0.00000320. The molecule has 0 spiro atoms. The molecule has 166 valence electrons. The second-order valence-electron chi connectivity index (χ2n) is 7.41. The van der Waals surface area contributed by atoms with Gasteiger partial charge in [0.2, 0.25) is 0 Å². The van der Waals surface area contributed by atoms with Crippen LogP contribution in [0.15, 0.2) is 41.5 Å². The zero-order valence-corrected chi connectivity index (χ0v) is 21.3. The summed E-state index contributed by atoms with van der Waals surface area (Å²) in [6, 6.07) is 10.8. The van der Waals surface area contributed by atoms with Crippen molar-refractivity contribution in [1.29, 1.82) is 0 Å². The van der Waals surface area contributed by atoms with Gasteiger partial charge < -0.3 is 10.6 Å². The summed E-state index contributed by atoms with van der Waals surface area (Å²) >= 11 is 1.77. The van der Waals surface area contributed by atoms with Crippen LogP contribution >= 0.6 is 35.3 Å². The third-order valence-electron chi connectivity index (χ3n) is 5.04. The van der Waals surface area contributed by atoms with Crippen LogP contribution in [-0.2, 0) is 13.0 Å². The third kappa shape index (κ3) is 8.87. The predicted octanol–water partition coefficient (Wildman–Crippen LogP) is 2.98. The molecule has 0 amide bonds. The van der Waals surface area contributed by atoms with Crippen molar-refractivity contribution in [3.8, 4) is 0 Å². The van der Waals surface area contributed by atoms with E-state index in [2.05, 4.69) is 69.6 Å². The Morgan fingerprint density at radius 1 is 1.10 bits per heavy atom. The molecule has 1 aromatic heterocycles. The van der Waals surface area contributed by atoms with E-state index in [9.17, 15) is 0 Å². The van der Waals surface area contributed by atoms with Gasteiger partial charge in [-0.15, -0.1) is 35.3 Å². The summed E-state index contributed by atoms with van der Waals surface area (Å²) in [6.07, 6.45) is 2.88. The number of hydrogen-bond acceptors (Lipinski definition) is 5. The summed E-state index contributed by atoms with van der Waals surface area (Å²) in [5.74, 6) is 0.906. The van der Waals surface area contributed by atoms with Crippen LogP contribution in [0.25, 0.3) is 0 Å². The molecule has 2 N–H and O–H groups in total. The molecule has 0 atom stereocenters. The average molecular weight is 543 g/mol. The number of nitrogens with one attached hydrogen (secondary N) is 2. The van der Waals surface area contributed by atoms with Gasteiger partial charge in [0.05, 0.1) is 11.6 Å². The fourth-order valence-corrected chi connectivity index (χ4v) is 4.25. The van der Waals surface area contributed by atoms with Crippen molar-refractivity contribution < 1.29 is 0 Å². The van der Waals surface area contributed by atoms with Gasteiger partial charge >= 0.3 is 0 Å². The van der Waals surface area contributed by atoms with Gasteiger partial charge in [-0.05, 0) is 19.4 Å². The molecule has 0 saturated carbocycles. The number of piperazine rings is 1. The number of halogens is 1. The van der Waals surface area contributed by atoms with Crippen LogP contribution in [0.1, 0.15) is 22.4 Å². The van der Waals surface area contributed by atoms with Crippen LogP contribution in [0.3, 0.4) is 0 Å². The Morgan fingerprint density at radius 3 is 2.50 bits per heavy atom. The maximum atomic E-state index is 4.75. The Kier molecular flexibility index (Phi) is 11.6. The topological polar surface area (TPSA) is 55.8 Å². The van der Waals surface area contributed by atoms with E-state index in [0.29, 0.717) is 0 Å². The van der Waals surface area contributed by atoms with Crippen molar-refractivity contribution in [3.05, 3.63) is 52.0 Å². The fourth-order valence-electron chi connectivity index (χ4n) is 3.46. The van der Waals surface area contributed by atoms with Gasteiger partial charge in [-0.2, -0.15) is 0 Å². The summed E-state index contributed by atoms with van der Waals surface area (Å²) in [5, 5.41) is 7.95. The number of aromatic nitrogens is 1. The molecule has 1 aromatic carbocycles. The SMILES string of the molecule is CCNC(=NCCN1CCN(Cc2ccccc2)CC1)NCCc1ncc(C)s1.I. The average Bonchev–Trinajstić information content (AvgIpc) is 3.15. The van der Waals surface area contributed by atoms with Gasteiger partial charge in [-0.1, -0.05) is 30.3 Å². The molecule has 0 radical (unpaired) electrons. The normalized spacial score (nSPS) is 15.6. The first-order chi connectivity index (χ1) is 14.2. The highest BCUT2D eigenvalue weighted by molar-refractivity contribution is 14.0. The molecule has 0 unspecified atom stereocenters. The summed E-state index contributed by atoms with van der Waals surface area (Å²) < 4.78 is 0. The number of benzene rings is 1. The van der Waals surface area contributed by atoms with Gasteiger partial charge in [-0.25, -0.2) is 4.98 Å². The van der Waals surface area contributed by atoms with Crippen LogP contribution in [-0.4, -0.2) is 73.1 Å². The van der Waals surface area contributed by atoms with E-state index in [4.69, 9.17) is 4.99 Å². The maximum Gasteiger partial charge on any atom is 0.191 e. The highest BCUT2D eigenvalue weighted by Crippen LogP contribution is 2.11. The molecule has 1 fully saturated rings. The molecule has 2 aromatic rings. The Bertz CT molecular complexity index is 743. The lowest BCUT2D eigenvalue weighted by Gasteiger charge is -2.34. The molecule has 1 saturated heterocycles. The fraction of sp³-hybridized carbons (Fsp3) is 0.545. The van der Waals surface area contributed by atoms with Crippen molar-refractivity contribution in [2.24, 2.45) is 4.99 Å². The molecule has 1 aliphatic heterocycles. The van der Waals surface area contributed by atoms with Crippen LogP contribution in [0.5, 0.6) is 0 Å². The van der Waals surface area contributed by atoms with E-state index < -0.39 is 0 Å². The van der Waals surface area contributed by atoms with E-state index in [1.807, 2.05) is 6.20 Å².